The molecule has 0 saturated heterocycles. The molecule has 0 spiro atoms. The second-order valence-electron chi connectivity index (χ2n) is 8.49. The lowest BCUT2D eigenvalue weighted by atomic mass is 10.1. The molecule has 2 aromatic carbocycles. The molecule has 1 unspecified atom stereocenters. The summed E-state index contributed by atoms with van der Waals surface area (Å²) in [5, 5.41) is 3.79. The Bertz CT molecular complexity index is 959. The maximum atomic E-state index is 13.3. The van der Waals surface area contributed by atoms with Crippen molar-refractivity contribution in [2.75, 3.05) is 13.7 Å². The van der Waals surface area contributed by atoms with Crippen LogP contribution in [0.25, 0.3) is 0 Å². The van der Waals surface area contributed by atoms with E-state index < -0.39 is 6.04 Å². The van der Waals surface area contributed by atoms with Crippen LogP contribution >= 0.6 is 11.6 Å². The Labute approximate surface area is 201 Å². The fourth-order valence-electron chi connectivity index (χ4n) is 4.19. The van der Waals surface area contributed by atoms with E-state index in [-0.39, 0.29) is 31.0 Å². The van der Waals surface area contributed by atoms with Gasteiger partial charge in [0.25, 0.3) is 5.91 Å². The van der Waals surface area contributed by atoms with Gasteiger partial charge in [0.2, 0.25) is 5.91 Å². The molecule has 1 aliphatic rings. The maximum Gasteiger partial charge on any atom is 0.261 e. The van der Waals surface area contributed by atoms with Crippen molar-refractivity contribution in [1.29, 1.82) is 0 Å². The lowest BCUT2D eigenvalue weighted by molar-refractivity contribution is -0.143. The van der Waals surface area contributed by atoms with Crippen LogP contribution in [-0.2, 0) is 16.1 Å². The van der Waals surface area contributed by atoms with Gasteiger partial charge in [-0.2, -0.15) is 0 Å². The highest BCUT2D eigenvalue weighted by Gasteiger charge is 2.31. The summed E-state index contributed by atoms with van der Waals surface area (Å²) in [6.07, 6.45) is 4.75. The van der Waals surface area contributed by atoms with Gasteiger partial charge in [-0.25, -0.2) is 0 Å². The largest absolute Gasteiger partial charge is 0.497 e. The van der Waals surface area contributed by atoms with Crippen LogP contribution in [0.4, 0.5) is 0 Å². The van der Waals surface area contributed by atoms with E-state index in [4.69, 9.17) is 21.1 Å². The van der Waals surface area contributed by atoms with E-state index in [1.807, 2.05) is 38.1 Å². The molecule has 2 aromatic rings. The number of nitrogens with one attached hydrogen (secondary N) is 1. The second kappa shape index (κ2) is 11.9. The van der Waals surface area contributed by atoms with Crippen molar-refractivity contribution in [1.82, 2.24) is 10.2 Å². The monoisotopic (exact) mass is 472 g/mol. The number of carbonyl (C=O) groups excluding carboxylic acids is 2. The molecule has 7 heteroatoms. The molecule has 1 fully saturated rings. The van der Waals surface area contributed by atoms with Crippen LogP contribution in [0.5, 0.6) is 11.5 Å². The van der Waals surface area contributed by atoms with Crippen molar-refractivity contribution in [3.63, 3.8) is 0 Å². The Hall–Kier alpha value is -2.73. The zero-order valence-corrected chi connectivity index (χ0v) is 20.4. The van der Waals surface area contributed by atoms with E-state index in [1.165, 1.54) is 0 Å². The molecule has 1 saturated carbocycles. The Balaban J connectivity index is 1.78. The Kier molecular flexibility index (Phi) is 9.01. The number of benzene rings is 2. The lowest BCUT2D eigenvalue weighted by Crippen LogP contribution is -2.52. The Morgan fingerprint density at radius 3 is 2.58 bits per heavy atom. The van der Waals surface area contributed by atoms with Crippen molar-refractivity contribution >= 4 is 23.4 Å². The molecule has 0 aliphatic heterocycles. The first-order chi connectivity index (χ1) is 15.9. The number of halogens is 1. The molecule has 0 aromatic heterocycles. The zero-order valence-electron chi connectivity index (χ0n) is 19.6. The summed E-state index contributed by atoms with van der Waals surface area (Å²) in [5.74, 6) is 0.910. The number of hydrogen-bond donors (Lipinski definition) is 1. The molecule has 1 aliphatic carbocycles. The fourth-order valence-corrected chi connectivity index (χ4v) is 4.31. The summed E-state index contributed by atoms with van der Waals surface area (Å²) in [7, 11) is 1.61. The van der Waals surface area contributed by atoms with Crippen LogP contribution in [0.3, 0.4) is 0 Å². The third-order valence-electron chi connectivity index (χ3n) is 6.07. The van der Waals surface area contributed by atoms with Crippen molar-refractivity contribution in [3.05, 3.63) is 58.6 Å². The quantitative estimate of drug-likeness (QED) is 0.534. The van der Waals surface area contributed by atoms with Gasteiger partial charge in [-0.3, -0.25) is 9.59 Å². The highest BCUT2D eigenvalue weighted by Crippen LogP contribution is 2.23. The van der Waals surface area contributed by atoms with E-state index >= 15 is 0 Å². The first-order valence-corrected chi connectivity index (χ1v) is 11.9. The number of carbonyl (C=O) groups is 2. The highest BCUT2D eigenvalue weighted by atomic mass is 35.5. The summed E-state index contributed by atoms with van der Waals surface area (Å²) in [4.78, 5) is 28.1. The molecular weight excluding hydrogens is 440 g/mol. The molecule has 178 valence electrons. The van der Waals surface area contributed by atoms with E-state index in [9.17, 15) is 9.59 Å². The topological polar surface area (TPSA) is 67.9 Å². The van der Waals surface area contributed by atoms with Crippen molar-refractivity contribution in [3.8, 4) is 11.5 Å². The first kappa shape index (κ1) is 24.9. The minimum absolute atomic E-state index is 0.108. The van der Waals surface area contributed by atoms with Gasteiger partial charge in [-0.1, -0.05) is 43.5 Å². The van der Waals surface area contributed by atoms with E-state index in [1.54, 1.807) is 30.2 Å². The smallest absolute Gasteiger partial charge is 0.261 e. The van der Waals surface area contributed by atoms with Gasteiger partial charge in [-0.05, 0) is 67.6 Å². The summed E-state index contributed by atoms with van der Waals surface area (Å²) < 4.78 is 11.1. The molecule has 0 radical (unpaired) electrons. The van der Waals surface area contributed by atoms with Gasteiger partial charge in [-0.15, -0.1) is 0 Å². The molecule has 0 bridgehead atoms. The Morgan fingerprint density at radius 2 is 1.91 bits per heavy atom. The fraction of sp³-hybridized carbons (Fsp3) is 0.462. The van der Waals surface area contributed by atoms with Crippen LogP contribution in [0, 0.1) is 6.92 Å². The molecule has 0 heterocycles. The summed E-state index contributed by atoms with van der Waals surface area (Å²) >= 11 is 6.09. The zero-order chi connectivity index (χ0) is 23.8. The van der Waals surface area contributed by atoms with Crippen LogP contribution in [-0.4, -0.2) is 42.5 Å². The minimum atomic E-state index is -0.583. The van der Waals surface area contributed by atoms with Gasteiger partial charge >= 0.3 is 0 Å². The maximum absolute atomic E-state index is 13.3. The van der Waals surface area contributed by atoms with Crippen molar-refractivity contribution in [2.24, 2.45) is 0 Å². The average molecular weight is 473 g/mol. The van der Waals surface area contributed by atoms with Gasteiger partial charge < -0.3 is 19.7 Å². The summed E-state index contributed by atoms with van der Waals surface area (Å²) in [5.41, 5.74) is 1.76. The van der Waals surface area contributed by atoms with Gasteiger partial charge in [0.05, 0.1) is 7.11 Å². The number of hydrogen-bond acceptors (Lipinski definition) is 4. The summed E-state index contributed by atoms with van der Waals surface area (Å²) in [6.45, 7) is 3.93. The number of ether oxygens (including phenoxy) is 2. The molecule has 3 rings (SSSR count). The highest BCUT2D eigenvalue weighted by molar-refractivity contribution is 6.31. The lowest BCUT2D eigenvalue weighted by Gasteiger charge is -2.31. The number of nitrogens with zero attached hydrogens (tertiary/aromatic N) is 1. The third kappa shape index (κ3) is 6.87. The number of rotatable bonds is 10. The molecule has 6 nitrogen and oxygen atoms in total. The van der Waals surface area contributed by atoms with Crippen LogP contribution < -0.4 is 14.8 Å². The van der Waals surface area contributed by atoms with Gasteiger partial charge in [0, 0.05) is 17.6 Å². The molecular formula is C26H33ClN2O4. The first-order valence-electron chi connectivity index (χ1n) is 11.5. The number of methoxy groups -OCH3 is 1. The van der Waals surface area contributed by atoms with Gasteiger partial charge in [0.15, 0.2) is 6.61 Å². The predicted molar refractivity (Wildman–Crippen MR) is 130 cm³/mol. The SMILES string of the molecule is CCC(C(=O)NC1CCCC1)N(Cc1cccc(OC)c1)C(=O)COc1ccc(Cl)c(C)c1. The minimum Gasteiger partial charge on any atom is -0.497 e. The molecule has 1 N–H and O–H groups in total. The van der Waals surface area contributed by atoms with Crippen LogP contribution in [0.15, 0.2) is 42.5 Å². The number of aryl methyl sites for hydroxylation is 1. The van der Waals surface area contributed by atoms with Crippen LogP contribution in [0.1, 0.15) is 50.2 Å². The van der Waals surface area contributed by atoms with Crippen LogP contribution in [0.2, 0.25) is 5.02 Å². The van der Waals surface area contributed by atoms with Crippen molar-refractivity contribution < 1.29 is 19.1 Å². The summed E-state index contributed by atoms with van der Waals surface area (Å²) in [6, 6.07) is 12.4. The van der Waals surface area contributed by atoms with E-state index in [0.717, 1.165) is 36.8 Å². The predicted octanol–water partition coefficient (Wildman–Crippen LogP) is 4.90. The Morgan fingerprint density at radius 1 is 1.15 bits per heavy atom. The van der Waals surface area contributed by atoms with Gasteiger partial charge in [0.1, 0.15) is 17.5 Å². The van der Waals surface area contributed by atoms with E-state index in [0.29, 0.717) is 22.9 Å². The molecule has 33 heavy (non-hydrogen) atoms. The second-order valence-corrected chi connectivity index (χ2v) is 8.89. The third-order valence-corrected chi connectivity index (χ3v) is 6.49. The van der Waals surface area contributed by atoms with E-state index in [2.05, 4.69) is 5.32 Å². The van der Waals surface area contributed by atoms with Crippen molar-refractivity contribution in [2.45, 2.75) is 64.6 Å². The molecule has 2 amide bonds. The standard InChI is InChI=1S/C26H33ClN2O4/c1-4-24(26(31)28-20-9-5-6-10-20)29(16-19-8-7-11-21(15-19)32-3)25(30)17-33-22-12-13-23(27)18(2)14-22/h7-8,11-15,20,24H,4-6,9-10,16-17H2,1-3H3,(H,28,31). The molecule has 1 atom stereocenters. The average Bonchev–Trinajstić information content (AvgIpc) is 3.32. The normalized spacial score (nSPS) is 14.5. The number of amides is 2.